The molecule has 0 saturated heterocycles. The lowest BCUT2D eigenvalue weighted by Gasteiger charge is -2.10. The van der Waals surface area contributed by atoms with Gasteiger partial charge >= 0.3 is 5.69 Å². The summed E-state index contributed by atoms with van der Waals surface area (Å²) in [6.07, 6.45) is 0. The van der Waals surface area contributed by atoms with E-state index in [9.17, 15) is 22.4 Å². The fourth-order valence-corrected chi connectivity index (χ4v) is 4.60. The lowest BCUT2D eigenvalue weighted by Crippen LogP contribution is -2.31. The van der Waals surface area contributed by atoms with Crippen molar-refractivity contribution in [1.82, 2.24) is 13.9 Å². The number of fused-ring (bicyclic) bond motifs is 1. The molecule has 0 saturated carbocycles. The molecule has 0 radical (unpaired) electrons. The third-order valence-corrected chi connectivity index (χ3v) is 6.22. The predicted molar refractivity (Wildman–Crippen MR) is 96.9 cm³/mol. The standard InChI is InChI=1S/C16H13BrFN3O4S/c1-20-12-7-11(17)14(8-13(12)21(2)16(20)23)26(24,25)19-15(22)9-4-3-5-10(18)6-9/h3-8H,1-2H3,(H,19,22). The molecule has 0 aliphatic heterocycles. The topological polar surface area (TPSA) is 90.2 Å². The Bertz CT molecular complexity index is 1210. The minimum absolute atomic E-state index is 0.127. The highest BCUT2D eigenvalue weighted by molar-refractivity contribution is 9.10. The molecule has 0 atom stereocenters. The van der Waals surface area contributed by atoms with E-state index in [2.05, 4.69) is 15.9 Å². The Morgan fingerprint density at radius 2 is 1.73 bits per heavy atom. The summed E-state index contributed by atoms with van der Waals surface area (Å²) in [5, 5.41) is 0. The van der Waals surface area contributed by atoms with Crippen LogP contribution in [-0.2, 0) is 24.1 Å². The van der Waals surface area contributed by atoms with Crippen molar-refractivity contribution in [1.29, 1.82) is 0 Å². The maximum Gasteiger partial charge on any atom is 0.328 e. The zero-order chi connectivity index (χ0) is 19.2. The SMILES string of the molecule is Cn1c(=O)n(C)c2cc(S(=O)(=O)NC(=O)c3cccc(F)c3)c(Br)cc21. The van der Waals surface area contributed by atoms with E-state index in [4.69, 9.17) is 0 Å². The summed E-state index contributed by atoms with van der Waals surface area (Å²) in [5.41, 5.74) is 0.474. The van der Waals surface area contributed by atoms with Gasteiger partial charge in [0.05, 0.1) is 11.0 Å². The number of hydrogen-bond donors (Lipinski definition) is 1. The molecule has 136 valence electrons. The van der Waals surface area contributed by atoms with Gasteiger partial charge in [-0.2, -0.15) is 0 Å². The number of halogens is 2. The van der Waals surface area contributed by atoms with Crippen LogP contribution in [0.2, 0.25) is 0 Å². The third-order valence-electron chi connectivity index (χ3n) is 3.93. The summed E-state index contributed by atoms with van der Waals surface area (Å²) in [4.78, 5) is 24.0. The van der Waals surface area contributed by atoms with Gasteiger partial charge in [0.15, 0.2) is 0 Å². The van der Waals surface area contributed by atoms with E-state index < -0.39 is 21.7 Å². The number of aromatic nitrogens is 2. The molecular weight excluding hydrogens is 429 g/mol. The number of nitrogens with one attached hydrogen (secondary N) is 1. The molecule has 7 nitrogen and oxygen atoms in total. The van der Waals surface area contributed by atoms with E-state index in [1.165, 1.54) is 40.4 Å². The van der Waals surface area contributed by atoms with Crippen LogP contribution in [0.25, 0.3) is 11.0 Å². The van der Waals surface area contributed by atoms with Crippen LogP contribution in [0.5, 0.6) is 0 Å². The first-order chi connectivity index (χ1) is 12.1. The summed E-state index contributed by atoms with van der Waals surface area (Å²) in [6, 6.07) is 7.46. The molecule has 0 aliphatic rings. The Hall–Kier alpha value is -2.46. The van der Waals surface area contributed by atoms with Crippen LogP contribution in [0.1, 0.15) is 10.4 Å². The van der Waals surface area contributed by atoms with Crippen LogP contribution < -0.4 is 10.4 Å². The van der Waals surface area contributed by atoms with E-state index in [-0.39, 0.29) is 20.6 Å². The van der Waals surface area contributed by atoms with Crippen LogP contribution in [0, 0.1) is 5.82 Å². The van der Waals surface area contributed by atoms with Crippen molar-refractivity contribution in [2.45, 2.75) is 4.90 Å². The van der Waals surface area contributed by atoms with Gasteiger partial charge in [0.1, 0.15) is 10.7 Å². The van der Waals surface area contributed by atoms with Crippen molar-refractivity contribution < 1.29 is 17.6 Å². The molecule has 1 amide bonds. The monoisotopic (exact) mass is 441 g/mol. The summed E-state index contributed by atoms with van der Waals surface area (Å²) < 4.78 is 43.2. The van der Waals surface area contributed by atoms with Crippen LogP contribution in [0.3, 0.4) is 0 Å². The van der Waals surface area contributed by atoms with Crippen molar-refractivity contribution in [2.24, 2.45) is 14.1 Å². The van der Waals surface area contributed by atoms with Crippen molar-refractivity contribution in [3.05, 3.63) is 62.7 Å². The van der Waals surface area contributed by atoms with E-state index >= 15 is 0 Å². The first kappa shape index (κ1) is 18.3. The number of amides is 1. The van der Waals surface area contributed by atoms with E-state index in [0.717, 1.165) is 12.1 Å². The minimum Gasteiger partial charge on any atom is -0.295 e. The summed E-state index contributed by atoms with van der Waals surface area (Å²) in [5.74, 6) is -1.62. The molecule has 3 aromatic rings. The second-order valence-corrected chi connectivity index (χ2v) is 8.12. The van der Waals surface area contributed by atoms with Gasteiger partial charge in [0.2, 0.25) is 0 Å². The highest BCUT2D eigenvalue weighted by Gasteiger charge is 2.24. The average molecular weight is 442 g/mol. The molecule has 0 aliphatic carbocycles. The summed E-state index contributed by atoms with van der Waals surface area (Å²) >= 11 is 3.16. The van der Waals surface area contributed by atoms with Gasteiger partial charge in [-0.1, -0.05) is 6.07 Å². The van der Waals surface area contributed by atoms with Crippen molar-refractivity contribution >= 4 is 42.9 Å². The molecule has 26 heavy (non-hydrogen) atoms. The number of benzene rings is 2. The minimum atomic E-state index is -4.26. The quantitative estimate of drug-likeness (QED) is 0.671. The zero-order valence-corrected chi connectivity index (χ0v) is 16.1. The Morgan fingerprint density at radius 3 is 2.35 bits per heavy atom. The van der Waals surface area contributed by atoms with Crippen LogP contribution in [-0.4, -0.2) is 23.5 Å². The number of aryl methyl sites for hydroxylation is 2. The van der Waals surface area contributed by atoms with E-state index in [0.29, 0.717) is 11.0 Å². The molecule has 1 aromatic heterocycles. The van der Waals surface area contributed by atoms with E-state index in [1.54, 1.807) is 7.05 Å². The maximum absolute atomic E-state index is 13.2. The summed E-state index contributed by atoms with van der Waals surface area (Å²) in [7, 11) is -1.18. The molecular formula is C16H13BrFN3O4S. The first-order valence-electron chi connectivity index (χ1n) is 7.29. The number of rotatable bonds is 3. The molecule has 2 aromatic carbocycles. The van der Waals surface area contributed by atoms with Gasteiger partial charge in [0.25, 0.3) is 15.9 Å². The maximum atomic E-state index is 13.2. The molecule has 3 rings (SSSR count). The number of nitrogens with zero attached hydrogens (tertiary/aromatic N) is 2. The molecule has 0 bridgehead atoms. The Kier molecular flexibility index (Phi) is 4.49. The fourth-order valence-electron chi connectivity index (χ4n) is 2.57. The fraction of sp³-hybridized carbons (Fsp3) is 0.125. The lowest BCUT2D eigenvalue weighted by molar-refractivity contribution is 0.0981. The Morgan fingerprint density at radius 1 is 1.12 bits per heavy atom. The van der Waals surface area contributed by atoms with Crippen LogP contribution >= 0.6 is 15.9 Å². The van der Waals surface area contributed by atoms with Gasteiger partial charge < -0.3 is 0 Å². The largest absolute Gasteiger partial charge is 0.328 e. The van der Waals surface area contributed by atoms with Crippen molar-refractivity contribution in [3.8, 4) is 0 Å². The molecule has 0 fully saturated rings. The molecule has 1 N–H and O–H groups in total. The molecule has 0 spiro atoms. The number of imidazole rings is 1. The number of carbonyl (C=O) groups excluding carboxylic acids is 1. The van der Waals surface area contributed by atoms with Crippen LogP contribution in [0.15, 0.2) is 50.6 Å². The Balaban J connectivity index is 2.07. The number of carbonyl (C=O) groups is 1. The van der Waals surface area contributed by atoms with Gasteiger partial charge in [-0.25, -0.2) is 22.3 Å². The lowest BCUT2D eigenvalue weighted by atomic mass is 10.2. The van der Waals surface area contributed by atoms with Crippen molar-refractivity contribution in [2.75, 3.05) is 0 Å². The smallest absolute Gasteiger partial charge is 0.295 e. The highest BCUT2D eigenvalue weighted by Crippen LogP contribution is 2.27. The summed E-state index contributed by atoms with van der Waals surface area (Å²) in [6.45, 7) is 0. The normalized spacial score (nSPS) is 11.7. The van der Waals surface area contributed by atoms with Crippen molar-refractivity contribution in [3.63, 3.8) is 0 Å². The van der Waals surface area contributed by atoms with E-state index in [1.807, 2.05) is 4.72 Å². The molecule has 10 heteroatoms. The number of hydrogen-bond acceptors (Lipinski definition) is 4. The zero-order valence-electron chi connectivity index (χ0n) is 13.7. The van der Waals surface area contributed by atoms with Gasteiger partial charge in [0, 0.05) is 24.1 Å². The average Bonchev–Trinajstić information content (AvgIpc) is 2.78. The second kappa shape index (κ2) is 6.36. The Labute approximate surface area is 156 Å². The van der Waals surface area contributed by atoms with Gasteiger partial charge in [-0.05, 0) is 46.3 Å². The van der Waals surface area contributed by atoms with Gasteiger partial charge in [-0.3, -0.25) is 13.9 Å². The predicted octanol–water partition coefficient (Wildman–Crippen LogP) is 1.90. The highest BCUT2D eigenvalue weighted by atomic mass is 79.9. The third kappa shape index (κ3) is 3.06. The van der Waals surface area contributed by atoms with Gasteiger partial charge in [-0.15, -0.1) is 0 Å². The number of sulfonamides is 1. The second-order valence-electron chi connectivity index (χ2n) is 5.62. The molecule has 1 heterocycles. The van der Waals surface area contributed by atoms with Crippen LogP contribution in [0.4, 0.5) is 4.39 Å². The molecule has 0 unspecified atom stereocenters. The first-order valence-corrected chi connectivity index (χ1v) is 9.57.